The number of carbonyl (C=O) groups is 2. The van der Waals surface area contributed by atoms with E-state index in [4.69, 9.17) is 4.74 Å². The average Bonchev–Trinajstić information content (AvgIpc) is 3.00. The lowest BCUT2D eigenvalue weighted by Crippen LogP contribution is -2.37. The van der Waals surface area contributed by atoms with Gasteiger partial charge in [0, 0.05) is 31.7 Å². The van der Waals surface area contributed by atoms with E-state index in [1.54, 1.807) is 16.9 Å². The Kier molecular flexibility index (Phi) is 5.67. The maximum atomic E-state index is 11.8. The second-order valence-corrected chi connectivity index (χ2v) is 4.61. The van der Waals surface area contributed by atoms with Crippen LogP contribution in [0.4, 0.5) is 5.69 Å². The highest BCUT2D eigenvalue weighted by Gasteiger charge is 2.13. The maximum absolute atomic E-state index is 11.8. The number of nitrogens with zero attached hydrogens (tertiary/aromatic N) is 2. The van der Waals surface area contributed by atoms with Crippen molar-refractivity contribution in [1.29, 1.82) is 0 Å². The minimum Gasteiger partial charge on any atom is -0.383 e. The predicted octanol–water partition coefficient (Wildman–Crippen LogP) is 0.632. The van der Waals surface area contributed by atoms with Gasteiger partial charge < -0.3 is 15.4 Å². The van der Waals surface area contributed by atoms with Crippen molar-refractivity contribution in [2.24, 2.45) is 0 Å². The average molecular weight is 302 g/mol. The molecule has 0 saturated carbocycles. The highest BCUT2D eigenvalue weighted by Crippen LogP contribution is 2.11. The number of anilines is 1. The molecule has 0 spiro atoms. The molecule has 22 heavy (non-hydrogen) atoms. The Bertz CT molecular complexity index is 625. The zero-order chi connectivity index (χ0) is 15.8. The van der Waals surface area contributed by atoms with Gasteiger partial charge >= 0.3 is 11.8 Å². The van der Waals surface area contributed by atoms with Gasteiger partial charge in [-0.05, 0) is 23.8 Å². The molecule has 0 aliphatic heterocycles. The number of hydrogen-bond acceptors (Lipinski definition) is 4. The molecule has 1 heterocycles. The number of benzene rings is 1. The summed E-state index contributed by atoms with van der Waals surface area (Å²) in [5.74, 6) is -1.39. The third-order valence-electron chi connectivity index (χ3n) is 2.89. The van der Waals surface area contributed by atoms with Crippen LogP contribution in [0.3, 0.4) is 0 Å². The Morgan fingerprint density at radius 1 is 1.27 bits per heavy atom. The summed E-state index contributed by atoms with van der Waals surface area (Å²) in [6.07, 6.45) is 3.56. The van der Waals surface area contributed by atoms with E-state index in [2.05, 4.69) is 15.7 Å². The van der Waals surface area contributed by atoms with Crippen LogP contribution in [0.5, 0.6) is 0 Å². The van der Waals surface area contributed by atoms with Crippen LogP contribution in [0.25, 0.3) is 0 Å². The lowest BCUT2D eigenvalue weighted by Gasteiger charge is -2.08. The predicted molar refractivity (Wildman–Crippen MR) is 81.3 cm³/mol. The molecule has 2 rings (SSSR count). The monoisotopic (exact) mass is 302 g/mol. The summed E-state index contributed by atoms with van der Waals surface area (Å²) in [4.78, 5) is 23.3. The van der Waals surface area contributed by atoms with Crippen LogP contribution in [0.15, 0.2) is 42.7 Å². The van der Waals surface area contributed by atoms with E-state index in [-0.39, 0.29) is 0 Å². The summed E-state index contributed by atoms with van der Waals surface area (Å²) in [5.41, 5.74) is 1.54. The molecule has 2 amide bonds. The molecule has 0 radical (unpaired) electrons. The molecule has 116 valence electrons. The first kappa shape index (κ1) is 15.7. The summed E-state index contributed by atoms with van der Waals surface area (Å²) in [6, 6.07) is 9.12. The van der Waals surface area contributed by atoms with Crippen molar-refractivity contribution >= 4 is 17.5 Å². The Morgan fingerprint density at radius 2 is 2.14 bits per heavy atom. The van der Waals surface area contributed by atoms with Crippen LogP contribution in [-0.4, -0.2) is 41.9 Å². The lowest BCUT2D eigenvalue weighted by molar-refractivity contribution is -0.136. The van der Waals surface area contributed by atoms with Crippen molar-refractivity contribution in [2.45, 2.75) is 6.54 Å². The maximum Gasteiger partial charge on any atom is 0.313 e. The molecular formula is C15H18N4O3. The summed E-state index contributed by atoms with van der Waals surface area (Å²) < 4.78 is 6.58. The fraction of sp³-hybridized carbons (Fsp3) is 0.267. The number of amides is 2. The molecule has 0 bridgehead atoms. The van der Waals surface area contributed by atoms with Crippen LogP contribution in [0.1, 0.15) is 5.56 Å². The fourth-order valence-electron chi connectivity index (χ4n) is 1.86. The molecule has 1 aromatic carbocycles. The minimum atomic E-state index is -0.702. The van der Waals surface area contributed by atoms with Crippen molar-refractivity contribution < 1.29 is 14.3 Å². The van der Waals surface area contributed by atoms with Crippen LogP contribution in [0.2, 0.25) is 0 Å². The number of ether oxygens (including phenoxy) is 1. The molecule has 0 saturated heterocycles. The molecule has 0 atom stereocenters. The van der Waals surface area contributed by atoms with E-state index in [0.717, 1.165) is 5.56 Å². The molecule has 7 nitrogen and oxygen atoms in total. The first-order chi connectivity index (χ1) is 10.7. The van der Waals surface area contributed by atoms with Crippen LogP contribution in [-0.2, 0) is 20.9 Å². The van der Waals surface area contributed by atoms with Gasteiger partial charge in [0.1, 0.15) is 0 Å². The van der Waals surface area contributed by atoms with Gasteiger partial charge in [-0.25, -0.2) is 0 Å². The first-order valence-corrected chi connectivity index (χ1v) is 6.83. The van der Waals surface area contributed by atoms with E-state index in [1.807, 2.05) is 30.5 Å². The van der Waals surface area contributed by atoms with Gasteiger partial charge in [-0.1, -0.05) is 12.1 Å². The minimum absolute atomic E-state index is 0.294. The normalized spacial score (nSPS) is 10.2. The fourth-order valence-corrected chi connectivity index (χ4v) is 1.86. The van der Waals surface area contributed by atoms with Crippen molar-refractivity contribution in [3.63, 3.8) is 0 Å². The van der Waals surface area contributed by atoms with Crippen LogP contribution >= 0.6 is 0 Å². The number of carbonyl (C=O) groups excluding carboxylic acids is 2. The van der Waals surface area contributed by atoms with Gasteiger partial charge in [-0.2, -0.15) is 5.10 Å². The molecule has 1 aromatic heterocycles. The van der Waals surface area contributed by atoms with Crippen molar-refractivity contribution in [1.82, 2.24) is 15.1 Å². The Balaban J connectivity index is 1.92. The van der Waals surface area contributed by atoms with E-state index in [0.29, 0.717) is 25.4 Å². The van der Waals surface area contributed by atoms with E-state index < -0.39 is 11.8 Å². The molecule has 0 aliphatic rings. The number of hydrogen-bond donors (Lipinski definition) is 2. The van der Waals surface area contributed by atoms with E-state index >= 15 is 0 Å². The third-order valence-corrected chi connectivity index (χ3v) is 2.89. The topological polar surface area (TPSA) is 85.2 Å². The Morgan fingerprint density at radius 3 is 2.86 bits per heavy atom. The van der Waals surface area contributed by atoms with E-state index in [9.17, 15) is 9.59 Å². The summed E-state index contributed by atoms with van der Waals surface area (Å²) in [6.45, 7) is 1.25. The second kappa shape index (κ2) is 7.94. The standard InChI is InChI=1S/C15H18N4O3/c1-22-9-7-16-14(20)15(21)18-13-5-2-4-12(10-13)11-19-8-3-6-17-19/h2-6,8,10H,7,9,11H2,1H3,(H,16,20)(H,18,21). The Labute approximate surface area is 128 Å². The molecule has 0 fully saturated rings. The third kappa shape index (κ3) is 4.71. The van der Waals surface area contributed by atoms with Crippen molar-refractivity contribution in [3.8, 4) is 0 Å². The number of methoxy groups -OCH3 is 1. The molecule has 0 aliphatic carbocycles. The van der Waals surface area contributed by atoms with Crippen molar-refractivity contribution in [3.05, 3.63) is 48.3 Å². The van der Waals surface area contributed by atoms with Gasteiger partial charge in [0.05, 0.1) is 13.2 Å². The summed E-state index contributed by atoms with van der Waals surface area (Å²) in [5, 5.41) is 9.16. The highest BCUT2D eigenvalue weighted by atomic mass is 16.5. The smallest absolute Gasteiger partial charge is 0.313 e. The van der Waals surface area contributed by atoms with E-state index in [1.165, 1.54) is 7.11 Å². The van der Waals surface area contributed by atoms with Crippen LogP contribution < -0.4 is 10.6 Å². The van der Waals surface area contributed by atoms with Crippen molar-refractivity contribution in [2.75, 3.05) is 25.6 Å². The molecule has 7 heteroatoms. The molecule has 2 aromatic rings. The van der Waals surface area contributed by atoms with Gasteiger partial charge in [-0.3, -0.25) is 14.3 Å². The van der Waals surface area contributed by atoms with Gasteiger partial charge in [-0.15, -0.1) is 0 Å². The molecular weight excluding hydrogens is 284 g/mol. The quantitative estimate of drug-likeness (QED) is 0.605. The number of rotatable bonds is 6. The van der Waals surface area contributed by atoms with Gasteiger partial charge in [0.2, 0.25) is 0 Å². The Hall–Kier alpha value is -2.67. The first-order valence-electron chi connectivity index (χ1n) is 6.83. The largest absolute Gasteiger partial charge is 0.383 e. The second-order valence-electron chi connectivity index (χ2n) is 4.61. The molecule has 2 N–H and O–H groups in total. The summed E-state index contributed by atoms with van der Waals surface area (Å²) >= 11 is 0. The zero-order valence-corrected chi connectivity index (χ0v) is 12.3. The zero-order valence-electron chi connectivity index (χ0n) is 12.3. The lowest BCUT2D eigenvalue weighted by atomic mass is 10.2. The van der Waals surface area contributed by atoms with Gasteiger partial charge in [0.15, 0.2) is 0 Å². The highest BCUT2D eigenvalue weighted by molar-refractivity contribution is 6.39. The SMILES string of the molecule is COCCNC(=O)C(=O)Nc1cccc(Cn2cccn2)c1. The number of aromatic nitrogens is 2. The van der Waals surface area contributed by atoms with Gasteiger partial charge in [0.25, 0.3) is 0 Å². The molecule has 0 unspecified atom stereocenters. The number of nitrogens with one attached hydrogen (secondary N) is 2. The summed E-state index contributed by atoms with van der Waals surface area (Å²) in [7, 11) is 1.53. The van der Waals surface area contributed by atoms with Crippen LogP contribution in [0, 0.1) is 0 Å².